The van der Waals surface area contributed by atoms with E-state index in [9.17, 15) is 4.79 Å². The number of amides is 1. The van der Waals surface area contributed by atoms with Crippen LogP contribution in [0.3, 0.4) is 0 Å². The Labute approximate surface area is 137 Å². The molecule has 1 atom stereocenters. The molecule has 3 rings (SSSR count). The van der Waals surface area contributed by atoms with Crippen LogP contribution in [0.1, 0.15) is 25.7 Å². The molecule has 0 bridgehead atoms. The largest absolute Gasteiger partial charge is 0.380 e. The number of aromatic nitrogens is 2. The Kier molecular flexibility index (Phi) is 5.83. The number of rotatable bonds is 3. The zero-order valence-electron chi connectivity index (χ0n) is 13.0. The van der Waals surface area contributed by atoms with E-state index in [1.165, 1.54) is 0 Å². The maximum atomic E-state index is 13.2. The Morgan fingerprint density at radius 1 is 1.41 bits per heavy atom. The number of nitrogens with one attached hydrogen (secondary N) is 1. The molecule has 1 aromatic rings. The van der Waals surface area contributed by atoms with Crippen LogP contribution in [-0.2, 0) is 15.1 Å². The minimum absolute atomic E-state index is 0. The maximum absolute atomic E-state index is 13.2. The van der Waals surface area contributed by atoms with Crippen LogP contribution < -0.4 is 5.32 Å². The lowest BCUT2D eigenvalue weighted by molar-refractivity contribution is -0.146. The Bertz CT molecular complexity index is 474. The molecule has 0 aromatic carbocycles. The number of methoxy groups -OCH3 is 1. The van der Waals surface area contributed by atoms with Gasteiger partial charge in [0.2, 0.25) is 0 Å². The van der Waals surface area contributed by atoms with Gasteiger partial charge >= 0.3 is 0 Å². The molecule has 3 heterocycles. The zero-order chi connectivity index (χ0) is 14.7. The van der Waals surface area contributed by atoms with Crippen molar-refractivity contribution in [3.05, 3.63) is 18.5 Å². The molecule has 22 heavy (non-hydrogen) atoms. The van der Waals surface area contributed by atoms with E-state index in [2.05, 4.69) is 10.4 Å². The predicted molar refractivity (Wildman–Crippen MR) is 86.2 cm³/mol. The standard InChI is InChI=1S/C15H24N4O2.ClH/c1-21-13-4-2-10-18(12-13)14(20)15(5-8-16-9-6-15)19-11-3-7-17-19;/h3,7,11,13,16H,2,4-6,8-10,12H2,1H3;1H. The third-order valence-electron chi connectivity index (χ3n) is 4.77. The van der Waals surface area contributed by atoms with E-state index < -0.39 is 5.54 Å². The molecule has 0 saturated carbocycles. The summed E-state index contributed by atoms with van der Waals surface area (Å²) in [5.41, 5.74) is -0.523. The van der Waals surface area contributed by atoms with Gasteiger partial charge in [0.15, 0.2) is 0 Å². The highest BCUT2D eigenvalue weighted by Crippen LogP contribution is 2.30. The highest BCUT2D eigenvalue weighted by atomic mass is 35.5. The zero-order valence-corrected chi connectivity index (χ0v) is 13.8. The van der Waals surface area contributed by atoms with Gasteiger partial charge in [0, 0.05) is 32.6 Å². The molecule has 2 fully saturated rings. The SMILES string of the molecule is COC1CCCN(C(=O)C2(n3cccn3)CCNCC2)C1.Cl. The first-order valence-electron chi connectivity index (χ1n) is 7.79. The first-order chi connectivity index (χ1) is 10.3. The van der Waals surface area contributed by atoms with E-state index in [4.69, 9.17) is 4.74 Å². The summed E-state index contributed by atoms with van der Waals surface area (Å²) in [7, 11) is 1.73. The maximum Gasteiger partial charge on any atom is 0.250 e. The Morgan fingerprint density at radius 3 is 2.82 bits per heavy atom. The summed E-state index contributed by atoms with van der Waals surface area (Å²) < 4.78 is 7.32. The Balaban J connectivity index is 0.00000176. The van der Waals surface area contributed by atoms with Gasteiger partial charge in [-0.2, -0.15) is 5.10 Å². The van der Waals surface area contributed by atoms with Crippen molar-refractivity contribution in [2.45, 2.75) is 37.3 Å². The quantitative estimate of drug-likeness (QED) is 0.900. The van der Waals surface area contributed by atoms with Gasteiger partial charge in [-0.15, -0.1) is 12.4 Å². The predicted octanol–water partition coefficient (Wildman–Crippen LogP) is 1.02. The van der Waals surface area contributed by atoms with Crippen molar-refractivity contribution in [1.82, 2.24) is 20.0 Å². The van der Waals surface area contributed by atoms with E-state index in [1.54, 1.807) is 13.3 Å². The first kappa shape index (κ1) is 17.2. The Morgan fingerprint density at radius 2 is 2.18 bits per heavy atom. The van der Waals surface area contributed by atoms with Crippen LogP contribution >= 0.6 is 12.4 Å². The summed E-state index contributed by atoms with van der Waals surface area (Å²) in [5.74, 6) is 0.203. The molecular formula is C15H25ClN4O2. The molecule has 1 N–H and O–H groups in total. The average molecular weight is 329 g/mol. The third kappa shape index (κ3) is 3.14. The van der Waals surface area contributed by atoms with Crippen LogP contribution in [0.5, 0.6) is 0 Å². The van der Waals surface area contributed by atoms with Gasteiger partial charge in [-0.25, -0.2) is 0 Å². The second-order valence-corrected chi connectivity index (χ2v) is 5.98. The van der Waals surface area contributed by atoms with Crippen molar-refractivity contribution in [3.8, 4) is 0 Å². The minimum atomic E-state index is -0.523. The number of carbonyl (C=O) groups excluding carboxylic acids is 1. The lowest BCUT2D eigenvalue weighted by Crippen LogP contribution is -2.58. The van der Waals surface area contributed by atoms with Gasteiger partial charge in [0.1, 0.15) is 5.54 Å². The molecule has 124 valence electrons. The minimum Gasteiger partial charge on any atom is -0.380 e. The van der Waals surface area contributed by atoms with Crippen LogP contribution in [0.2, 0.25) is 0 Å². The summed E-state index contributed by atoms with van der Waals surface area (Å²) in [6.45, 7) is 3.24. The van der Waals surface area contributed by atoms with Crippen molar-refractivity contribution in [1.29, 1.82) is 0 Å². The normalized spacial score (nSPS) is 24.6. The first-order valence-corrected chi connectivity index (χ1v) is 7.79. The third-order valence-corrected chi connectivity index (χ3v) is 4.77. The van der Waals surface area contributed by atoms with Gasteiger partial charge in [0.05, 0.1) is 6.10 Å². The smallest absolute Gasteiger partial charge is 0.250 e. The summed E-state index contributed by atoms with van der Waals surface area (Å²) in [6.07, 6.45) is 7.48. The molecule has 1 unspecified atom stereocenters. The molecule has 6 nitrogen and oxygen atoms in total. The topological polar surface area (TPSA) is 59.4 Å². The molecule has 1 amide bonds. The van der Waals surface area contributed by atoms with Crippen LogP contribution in [0.4, 0.5) is 0 Å². The van der Waals surface area contributed by atoms with E-state index >= 15 is 0 Å². The van der Waals surface area contributed by atoms with Gasteiger partial charge in [-0.05, 0) is 44.8 Å². The van der Waals surface area contributed by atoms with Crippen LogP contribution in [0.15, 0.2) is 18.5 Å². The fourth-order valence-corrected chi connectivity index (χ4v) is 3.51. The van der Waals surface area contributed by atoms with Gasteiger partial charge in [-0.1, -0.05) is 0 Å². The van der Waals surface area contributed by atoms with Crippen LogP contribution in [0.25, 0.3) is 0 Å². The fraction of sp³-hybridized carbons (Fsp3) is 0.733. The summed E-state index contributed by atoms with van der Waals surface area (Å²) in [4.78, 5) is 15.2. The van der Waals surface area contributed by atoms with Crippen LogP contribution in [0, 0.1) is 0 Å². The van der Waals surface area contributed by atoms with Crippen molar-refractivity contribution >= 4 is 18.3 Å². The van der Waals surface area contributed by atoms with Crippen LogP contribution in [-0.4, -0.2) is 60.0 Å². The number of carbonyl (C=O) groups is 1. The van der Waals surface area contributed by atoms with Crippen molar-refractivity contribution < 1.29 is 9.53 Å². The number of ether oxygens (including phenoxy) is 1. The van der Waals surface area contributed by atoms with Gasteiger partial charge < -0.3 is 15.0 Å². The monoisotopic (exact) mass is 328 g/mol. The molecule has 0 radical (unpaired) electrons. The van der Waals surface area contributed by atoms with Crippen molar-refractivity contribution in [3.63, 3.8) is 0 Å². The second-order valence-electron chi connectivity index (χ2n) is 5.98. The van der Waals surface area contributed by atoms with Gasteiger partial charge in [0.25, 0.3) is 5.91 Å². The van der Waals surface area contributed by atoms with Crippen molar-refractivity contribution in [2.75, 3.05) is 33.3 Å². The fourth-order valence-electron chi connectivity index (χ4n) is 3.51. The summed E-state index contributed by atoms with van der Waals surface area (Å²) in [6, 6.07) is 1.89. The average Bonchev–Trinajstić information content (AvgIpc) is 3.10. The van der Waals surface area contributed by atoms with Crippen molar-refractivity contribution in [2.24, 2.45) is 0 Å². The molecule has 2 aliphatic rings. The number of nitrogens with zero attached hydrogens (tertiary/aromatic N) is 3. The number of hydrogen-bond donors (Lipinski definition) is 1. The number of piperidine rings is 2. The van der Waals surface area contributed by atoms with E-state index in [0.29, 0.717) is 6.54 Å². The lowest BCUT2D eigenvalue weighted by atomic mass is 9.86. The molecule has 0 spiro atoms. The van der Waals surface area contributed by atoms with E-state index in [1.807, 2.05) is 21.8 Å². The molecule has 2 saturated heterocycles. The summed E-state index contributed by atoms with van der Waals surface area (Å²) >= 11 is 0. The number of hydrogen-bond acceptors (Lipinski definition) is 4. The highest BCUT2D eigenvalue weighted by molar-refractivity contribution is 5.85. The highest BCUT2D eigenvalue weighted by Gasteiger charge is 2.45. The lowest BCUT2D eigenvalue weighted by Gasteiger charge is -2.42. The van der Waals surface area contributed by atoms with E-state index in [0.717, 1.165) is 45.3 Å². The van der Waals surface area contributed by atoms with Gasteiger partial charge in [-0.3, -0.25) is 9.48 Å². The summed E-state index contributed by atoms with van der Waals surface area (Å²) in [5, 5.41) is 7.72. The number of halogens is 1. The molecule has 7 heteroatoms. The molecule has 1 aromatic heterocycles. The molecule has 0 aliphatic carbocycles. The Hall–Kier alpha value is -1.11. The molecular weight excluding hydrogens is 304 g/mol. The second kappa shape index (κ2) is 7.44. The molecule has 2 aliphatic heterocycles. The van der Waals surface area contributed by atoms with E-state index in [-0.39, 0.29) is 24.4 Å². The number of likely N-dealkylation sites (tertiary alicyclic amines) is 1.